The highest BCUT2D eigenvalue weighted by Crippen LogP contribution is 2.24. The minimum atomic E-state index is -0.504. The number of amides is 2. The van der Waals surface area contributed by atoms with Crippen LogP contribution in [0.4, 0.5) is 11.4 Å². The summed E-state index contributed by atoms with van der Waals surface area (Å²) in [6, 6.07) is 19.9. The minimum Gasteiger partial charge on any atom is -0.457 e. The predicted octanol–water partition coefficient (Wildman–Crippen LogP) is 3.45. The fourth-order valence-electron chi connectivity index (χ4n) is 3.64. The molecule has 0 bridgehead atoms. The number of ether oxygens (including phenoxy) is 1. The highest BCUT2D eigenvalue weighted by molar-refractivity contribution is 5.94. The Bertz CT molecular complexity index is 1170. The summed E-state index contributed by atoms with van der Waals surface area (Å²) < 4.78 is 5.75. The molecule has 0 spiro atoms. The first-order valence-electron chi connectivity index (χ1n) is 10.4. The number of hydrogen-bond acceptors (Lipinski definition) is 6. The van der Waals surface area contributed by atoms with Crippen molar-refractivity contribution in [2.45, 2.75) is 0 Å². The van der Waals surface area contributed by atoms with Crippen molar-refractivity contribution < 1.29 is 19.2 Å². The zero-order chi connectivity index (χ0) is 23.4. The maximum Gasteiger partial charge on any atom is 0.271 e. The Labute approximate surface area is 190 Å². The van der Waals surface area contributed by atoms with Crippen molar-refractivity contribution in [3.63, 3.8) is 0 Å². The Kier molecular flexibility index (Phi) is 6.21. The number of rotatable bonds is 6. The predicted molar refractivity (Wildman–Crippen MR) is 123 cm³/mol. The van der Waals surface area contributed by atoms with E-state index < -0.39 is 10.8 Å². The number of nitro benzene ring substituents is 1. The Morgan fingerprint density at radius 3 is 1.97 bits per heavy atom. The van der Waals surface area contributed by atoms with Gasteiger partial charge in [-0.05, 0) is 54.6 Å². The van der Waals surface area contributed by atoms with Crippen molar-refractivity contribution >= 4 is 23.2 Å². The van der Waals surface area contributed by atoms with Gasteiger partial charge < -0.3 is 20.3 Å². The second kappa shape index (κ2) is 9.39. The Hall–Kier alpha value is -4.40. The van der Waals surface area contributed by atoms with Crippen LogP contribution in [0.15, 0.2) is 72.8 Å². The molecule has 9 heteroatoms. The number of nitrogens with two attached hydrogens (primary N) is 1. The van der Waals surface area contributed by atoms with Crippen molar-refractivity contribution in [3.05, 3.63) is 94.0 Å². The fraction of sp³-hybridized carbons (Fsp3) is 0.167. The standard InChI is InChI=1S/C24H22N4O5/c25-23(29)17-4-8-21(9-5-17)33-22-10-6-18(7-11-22)24(30)27-14-12-26(13-15-27)19-2-1-3-20(16-19)28(31)32/h1-11,16H,12-15H2,(H2,25,29). The normalized spacial score (nSPS) is 13.5. The molecule has 0 aromatic heterocycles. The van der Waals surface area contributed by atoms with Crippen LogP contribution < -0.4 is 15.4 Å². The van der Waals surface area contributed by atoms with Gasteiger partial charge in [0.1, 0.15) is 11.5 Å². The smallest absolute Gasteiger partial charge is 0.271 e. The van der Waals surface area contributed by atoms with Crippen LogP contribution in [0.25, 0.3) is 0 Å². The highest BCUT2D eigenvalue weighted by Gasteiger charge is 2.23. The van der Waals surface area contributed by atoms with Gasteiger partial charge in [-0.3, -0.25) is 19.7 Å². The van der Waals surface area contributed by atoms with Crippen LogP contribution in [-0.4, -0.2) is 47.8 Å². The number of nitro groups is 1. The van der Waals surface area contributed by atoms with Gasteiger partial charge in [0.15, 0.2) is 0 Å². The summed E-state index contributed by atoms with van der Waals surface area (Å²) >= 11 is 0. The second-order valence-corrected chi connectivity index (χ2v) is 7.57. The summed E-state index contributed by atoms with van der Waals surface area (Å²) in [7, 11) is 0. The SMILES string of the molecule is NC(=O)c1ccc(Oc2ccc(C(=O)N3CCN(c4cccc([N+](=O)[O-])c4)CC3)cc2)cc1. The lowest BCUT2D eigenvalue weighted by Gasteiger charge is -2.36. The molecule has 0 saturated carbocycles. The molecule has 0 atom stereocenters. The van der Waals surface area contributed by atoms with E-state index in [1.807, 2.05) is 11.0 Å². The van der Waals surface area contributed by atoms with Gasteiger partial charge in [-0.2, -0.15) is 0 Å². The van der Waals surface area contributed by atoms with Crippen molar-refractivity contribution in [2.75, 3.05) is 31.1 Å². The van der Waals surface area contributed by atoms with E-state index in [1.165, 1.54) is 6.07 Å². The summed E-state index contributed by atoms with van der Waals surface area (Å²) in [6.45, 7) is 2.22. The highest BCUT2D eigenvalue weighted by atomic mass is 16.6. The summed E-state index contributed by atoms with van der Waals surface area (Å²) in [5.74, 6) is 0.534. The van der Waals surface area contributed by atoms with Gasteiger partial charge >= 0.3 is 0 Å². The number of primary amides is 1. The Morgan fingerprint density at radius 1 is 0.848 bits per heavy atom. The maximum atomic E-state index is 12.9. The summed E-state index contributed by atoms with van der Waals surface area (Å²) in [5.41, 5.74) is 7.01. The number of carbonyl (C=O) groups is 2. The average Bonchev–Trinajstić information content (AvgIpc) is 2.84. The zero-order valence-corrected chi connectivity index (χ0v) is 17.7. The molecule has 1 aliphatic rings. The lowest BCUT2D eigenvalue weighted by molar-refractivity contribution is -0.384. The molecule has 2 N–H and O–H groups in total. The van der Waals surface area contributed by atoms with Gasteiger partial charge in [0, 0.05) is 55.1 Å². The van der Waals surface area contributed by atoms with Crippen LogP contribution in [0, 0.1) is 10.1 Å². The van der Waals surface area contributed by atoms with E-state index in [0.717, 1.165) is 5.69 Å². The van der Waals surface area contributed by atoms with Gasteiger partial charge in [-0.25, -0.2) is 0 Å². The number of carbonyl (C=O) groups excluding carboxylic acids is 2. The van der Waals surface area contributed by atoms with Crippen LogP contribution in [0.2, 0.25) is 0 Å². The molecule has 2 amide bonds. The minimum absolute atomic E-state index is 0.0529. The van der Waals surface area contributed by atoms with Crippen LogP contribution in [-0.2, 0) is 0 Å². The number of benzene rings is 3. The van der Waals surface area contributed by atoms with Crippen molar-refractivity contribution in [1.82, 2.24) is 4.90 Å². The van der Waals surface area contributed by atoms with E-state index in [0.29, 0.717) is 48.8 Å². The first-order chi connectivity index (χ1) is 15.9. The van der Waals surface area contributed by atoms with E-state index in [2.05, 4.69) is 0 Å². The molecule has 0 aliphatic carbocycles. The molecule has 4 rings (SSSR count). The molecule has 0 radical (unpaired) electrons. The summed E-state index contributed by atoms with van der Waals surface area (Å²) in [5, 5.41) is 11.0. The Morgan fingerprint density at radius 2 is 1.42 bits per heavy atom. The van der Waals surface area contributed by atoms with Gasteiger partial charge in [-0.15, -0.1) is 0 Å². The van der Waals surface area contributed by atoms with Crippen molar-refractivity contribution in [3.8, 4) is 11.5 Å². The van der Waals surface area contributed by atoms with Gasteiger partial charge in [0.2, 0.25) is 5.91 Å². The number of piperazine rings is 1. The zero-order valence-electron chi connectivity index (χ0n) is 17.7. The molecule has 33 heavy (non-hydrogen) atoms. The molecule has 0 unspecified atom stereocenters. The number of anilines is 1. The number of nitrogens with zero attached hydrogens (tertiary/aromatic N) is 3. The topological polar surface area (TPSA) is 119 Å². The fourth-order valence-corrected chi connectivity index (χ4v) is 3.64. The summed E-state index contributed by atoms with van der Waals surface area (Å²) in [6.07, 6.45) is 0. The summed E-state index contributed by atoms with van der Waals surface area (Å²) in [4.78, 5) is 38.4. The largest absolute Gasteiger partial charge is 0.457 e. The van der Waals surface area contributed by atoms with E-state index in [4.69, 9.17) is 10.5 Å². The van der Waals surface area contributed by atoms with Crippen LogP contribution in [0.1, 0.15) is 20.7 Å². The molecule has 1 saturated heterocycles. The molecule has 168 valence electrons. The lowest BCUT2D eigenvalue weighted by Crippen LogP contribution is -2.48. The lowest BCUT2D eigenvalue weighted by atomic mass is 10.1. The Balaban J connectivity index is 1.34. The maximum absolute atomic E-state index is 12.9. The van der Waals surface area contributed by atoms with Crippen LogP contribution >= 0.6 is 0 Å². The molecule has 3 aromatic carbocycles. The first-order valence-corrected chi connectivity index (χ1v) is 10.4. The molecule has 3 aromatic rings. The molecular formula is C24H22N4O5. The van der Waals surface area contributed by atoms with Crippen LogP contribution in [0.3, 0.4) is 0 Å². The molecule has 1 fully saturated rings. The van der Waals surface area contributed by atoms with E-state index in [9.17, 15) is 19.7 Å². The van der Waals surface area contributed by atoms with Gasteiger partial charge in [0.25, 0.3) is 11.6 Å². The third-order valence-electron chi connectivity index (χ3n) is 5.45. The van der Waals surface area contributed by atoms with Crippen LogP contribution in [0.5, 0.6) is 11.5 Å². The van der Waals surface area contributed by atoms with E-state index in [-0.39, 0.29) is 11.6 Å². The number of non-ortho nitro benzene ring substituents is 1. The molecule has 9 nitrogen and oxygen atoms in total. The molecule has 1 heterocycles. The molecule has 1 aliphatic heterocycles. The van der Waals surface area contributed by atoms with E-state index >= 15 is 0 Å². The van der Waals surface area contributed by atoms with Crippen molar-refractivity contribution in [2.24, 2.45) is 5.73 Å². The monoisotopic (exact) mass is 446 g/mol. The third-order valence-corrected chi connectivity index (χ3v) is 5.45. The second-order valence-electron chi connectivity index (χ2n) is 7.57. The molecular weight excluding hydrogens is 424 g/mol. The quantitative estimate of drug-likeness (QED) is 0.458. The van der Waals surface area contributed by atoms with Crippen molar-refractivity contribution in [1.29, 1.82) is 0 Å². The number of hydrogen-bond donors (Lipinski definition) is 1. The first kappa shape index (κ1) is 21.8. The van der Waals surface area contributed by atoms with Gasteiger partial charge in [0.05, 0.1) is 4.92 Å². The third kappa shape index (κ3) is 5.09. The average molecular weight is 446 g/mol. The van der Waals surface area contributed by atoms with Gasteiger partial charge in [-0.1, -0.05) is 6.07 Å². The van der Waals surface area contributed by atoms with E-state index in [1.54, 1.807) is 65.6 Å².